The zero-order valence-electron chi connectivity index (χ0n) is 13.0. The summed E-state index contributed by atoms with van der Waals surface area (Å²) in [5, 5.41) is 3.13. The fourth-order valence-corrected chi connectivity index (χ4v) is 2.00. The maximum atomic E-state index is 4.33. The lowest BCUT2D eigenvalue weighted by Crippen LogP contribution is -1.93. The second kappa shape index (κ2) is 8.22. The van der Waals surface area contributed by atoms with E-state index >= 15 is 0 Å². The number of hydrogen-bond acceptors (Lipinski definition) is 3. The van der Waals surface area contributed by atoms with Crippen LogP contribution in [-0.2, 0) is 0 Å². The van der Waals surface area contributed by atoms with Crippen LogP contribution in [0, 0.1) is 0 Å². The molecule has 0 amide bonds. The standard InChI is InChI=1S/C20H16N4/c1-3-8-17(9-4-1)21-15-23-19-12-7-13-20(14-19)24-16-22-18-10-5-2-6-11-18/h1-15H,(H,21,23). The summed E-state index contributed by atoms with van der Waals surface area (Å²) >= 11 is 0. The average molecular weight is 312 g/mol. The molecule has 116 valence electrons. The minimum atomic E-state index is 0.771. The van der Waals surface area contributed by atoms with Crippen LogP contribution >= 0.6 is 0 Å². The van der Waals surface area contributed by atoms with Gasteiger partial charge >= 0.3 is 0 Å². The van der Waals surface area contributed by atoms with Crippen molar-refractivity contribution in [1.29, 1.82) is 0 Å². The predicted octanol–water partition coefficient (Wildman–Crippen LogP) is 5.60. The van der Waals surface area contributed by atoms with Crippen molar-refractivity contribution in [1.82, 2.24) is 0 Å². The van der Waals surface area contributed by atoms with Gasteiger partial charge in [-0.1, -0.05) is 42.5 Å². The molecule has 0 aliphatic carbocycles. The van der Waals surface area contributed by atoms with Crippen molar-refractivity contribution in [3.8, 4) is 0 Å². The van der Waals surface area contributed by atoms with Crippen molar-refractivity contribution in [3.63, 3.8) is 0 Å². The maximum absolute atomic E-state index is 4.33. The Morgan fingerprint density at radius 1 is 0.667 bits per heavy atom. The summed E-state index contributed by atoms with van der Waals surface area (Å²) < 4.78 is 0. The fraction of sp³-hybridized carbons (Fsp3) is 0. The minimum absolute atomic E-state index is 0.771. The summed E-state index contributed by atoms with van der Waals surface area (Å²) in [6, 6.07) is 29.7. The first-order chi connectivity index (χ1) is 11.9. The van der Waals surface area contributed by atoms with Crippen LogP contribution in [0.3, 0.4) is 0 Å². The number of anilines is 1. The Hall–Kier alpha value is -3.49. The van der Waals surface area contributed by atoms with Crippen LogP contribution in [0.25, 0.3) is 0 Å². The quantitative estimate of drug-likeness (QED) is 0.484. The highest BCUT2D eigenvalue weighted by atomic mass is 14.9. The molecule has 24 heavy (non-hydrogen) atoms. The summed E-state index contributed by atoms with van der Waals surface area (Å²) in [7, 11) is 0. The van der Waals surface area contributed by atoms with Crippen molar-refractivity contribution in [2.24, 2.45) is 15.0 Å². The summed E-state index contributed by atoms with van der Waals surface area (Å²) in [4.78, 5) is 12.7. The van der Waals surface area contributed by atoms with Gasteiger partial charge in [-0.25, -0.2) is 4.99 Å². The zero-order valence-corrected chi connectivity index (χ0v) is 13.0. The smallest absolute Gasteiger partial charge is 0.100 e. The van der Waals surface area contributed by atoms with Crippen LogP contribution in [-0.4, -0.2) is 12.3 Å². The Balaban J connectivity index is 1.66. The Bertz CT molecular complexity index is 864. The second-order valence-electron chi connectivity index (χ2n) is 4.95. The SMILES string of the molecule is C(=Nc1ccccc1)=Nc1cccc(NC=Nc2ccccc2)c1. The van der Waals surface area contributed by atoms with Gasteiger partial charge in [-0.05, 0) is 42.5 Å². The predicted molar refractivity (Wildman–Crippen MR) is 100 cm³/mol. The number of nitrogens with one attached hydrogen (secondary N) is 1. The van der Waals surface area contributed by atoms with Gasteiger partial charge in [0.05, 0.1) is 23.4 Å². The number of nitrogens with zero attached hydrogens (tertiary/aromatic N) is 3. The molecule has 3 rings (SSSR count). The number of benzene rings is 3. The van der Waals surface area contributed by atoms with Crippen molar-refractivity contribution in [2.75, 3.05) is 5.32 Å². The number of aliphatic imine (C=N–C) groups is 3. The van der Waals surface area contributed by atoms with E-state index in [2.05, 4.69) is 26.3 Å². The Labute approximate surface area is 141 Å². The summed E-state index contributed by atoms with van der Waals surface area (Å²) in [6.45, 7) is 0. The Kier molecular flexibility index (Phi) is 5.28. The molecule has 4 nitrogen and oxygen atoms in total. The van der Waals surface area contributed by atoms with Gasteiger partial charge in [0, 0.05) is 5.69 Å². The van der Waals surface area contributed by atoms with E-state index in [0.717, 1.165) is 22.7 Å². The molecule has 0 heterocycles. The fourth-order valence-electron chi connectivity index (χ4n) is 2.00. The molecule has 0 atom stereocenters. The zero-order chi connectivity index (χ0) is 16.5. The van der Waals surface area contributed by atoms with Gasteiger partial charge in [0.1, 0.15) is 6.01 Å². The van der Waals surface area contributed by atoms with E-state index in [0.29, 0.717) is 0 Å². The van der Waals surface area contributed by atoms with Gasteiger partial charge in [-0.3, -0.25) is 0 Å². The van der Waals surface area contributed by atoms with E-state index in [9.17, 15) is 0 Å². The number of rotatable bonds is 5. The van der Waals surface area contributed by atoms with Gasteiger partial charge in [-0.15, -0.1) is 0 Å². The molecule has 0 fully saturated rings. The van der Waals surface area contributed by atoms with Gasteiger partial charge in [-0.2, -0.15) is 9.98 Å². The first-order valence-corrected chi connectivity index (χ1v) is 7.56. The van der Waals surface area contributed by atoms with Crippen LogP contribution < -0.4 is 5.32 Å². The van der Waals surface area contributed by atoms with Gasteiger partial charge < -0.3 is 5.32 Å². The van der Waals surface area contributed by atoms with Crippen molar-refractivity contribution in [2.45, 2.75) is 0 Å². The van der Waals surface area contributed by atoms with Crippen LogP contribution in [0.4, 0.5) is 22.7 Å². The highest BCUT2D eigenvalue weighted by Gasteiger charge is 1.92. The highest BCUT2D eigenvalue weighted by molar-refractivity contribution is 5.79. The van der Waals surface area contributed by atoms with Crippen LogP contribution in [0.5, 0.6) is 0 Å². The maximum Gasteiger partial charge on any atom is 0.100 e. The van der Waals surface area contributed by atoms with E-state index in [-0.39, 0.29) is 0 Å². The molecule has 4 heteroatoms. The van der Waals surface area contributed by atoms with Crippen molar-refractivity contribution >= 4 is 35.1 Å². The third-order valence-electron chi connectivity index (χ3n) is 3.16. The van der Waals surface area contributed by atoms with Crippen molar-refractivity contribution in [3.05, 3.63) is 84.9 Å². The average Bonchev–Trinajstić information content (AvgIpc) is 2.64. The summed E-state index contributed by atoms with van der Waals surface area (Å²) in [6.07, 6.45) is 1.66. The second-order valence-corrected chi connectivity index (χ2v) is 4.95. The molecule has 0 aromatic heterocycles. The number of para-hydroxylation sites is 2. The minimum Gasteiger partial charge on any atom is -0.346 e. The Morgan fingerprint density at radius 2 is 1.29 bits per heavy atom. The lowest BCUT2D eigenvalue weighted by atomic mass is 10.3. The van der Waals surface area contributed by atoms with Crippen LogP contribution in [0.1, 0.15) is 0 Å². The topological polar surface area (TPSA) is 49.1 Å². The van der Waals surface area contributed by atoms with Crippen LogP contribution in [0.15, 0.2) is 99.9 Å². The summed E-state index contributed by atoms with van der Waals surface area (Å²) in [5.41, 5.74) is 3.39. The molecule has 3 aromatic carbocycles. The van der Waals surface area contributed by atoms with E-state index in [4.69, 9.17) is 0 Å². The first-order valence-electron chi connectivity index (χ1n) is 7.56. The van der Waals surface area contributed by atoms with Gasteiger partial charge in [0.2, 0.25) is 0 Å². The first kappa shape index (κ1) is 15.4. The van der Waals surface area contributed by atoms with Gasteiger partial charge in [0.15, 0.2) is 0 Å². The molecule has 0 radical (unpaired) electrons. The van der Waals surface area contributed by atoms with Crippen LogP contribution in [0.2, 0.25) is 0 Å². The molecule has 0 saturated heterocycles. The third-order valence-corrected chi connectivity index (χ3v) is 3.16. The molecular formula is C20H16N4. The number of hydrogen-bond donors (Lipinski definition) is 1. The Morgan fingerprint density at radius 3 is 2.04 bits per heavy atom. The van der Waals surface area contributed by atoms with E-state index in [1.807, 2.05) is 84.9 Å². The third kappa shape index (κ3) is 4.77. The monoisotopic (exact) mass is 312 g/mol. The van der Waals surface area contributed by atoms with Gasteiger partial charge in [0.25, 0.3) is 0 Å². The lowest BCUT2D eigenvalue weighted by Gasteiger charge is -2.00. The molecular weight excluding hydrogens is 296 g/mol. The molecule has 0 aliphatic rings. The molecule has 1 N–H and O–H groups in total. The molecule has 0 unspecified atom stereocenters. The lowest BCUT2D eigenvalue weighted by molar-refractivity contribution is 1.48. The normalized spacial score (nSPS) is 10.2. The molecule has 0 saturated carbocycles. The van der Waals surface area contributed by atoms with E-state index in [1.54, 1.807) is 6.34 Å². The highest BCUT2D eigenvalue weighted by Crippen LogP contribution is 2.17. The molecule has 0 aliphatic heterocycles. The largest absolute Gasteiger partial charge is 0.346 e. The van der Waals surface area contributed by atoms with E-state index < -0.39 is 0 Å². The summed E-state index contributed by atoms with van der Waals surface area (Å²) in [5.74, 6) is 0. The van der Waals surface area contributed by atoms with E-state index in [1.165, 1.54) is 0 Å². The van der Waals surface area contributed by atoms with Crippen molar-refractivity contribution < 1.29 is 0 Å². The molecule has 3 aromatic rings. The molecule has 0 spiro atoms. The molecule has 0 bridgehead atoms.